The Hall–Kier alpha value is -4.39. The van der Waals surface area contributed by atoms with E-state index >= 15 is 0 Å². The number of hydrogen-bond acceptors (Lipinski definition) is 13. The van der Waals surface area contributed by atoms with Crippen molar-refractivity contribution in [3.05, 3.63) is 158 Å². The molecule has 0 bridgehead atoms. The lowest BCUT2D eigenvalue weighted by Gasteiger charge is -2.46. The van der Waals surface area contributed by atoms with Gasteiger partial charge in [-0.3, -0.25) is 4.79 Å². The molecular formula is C80H131NO13. The lowest BCUT2D eigenvalue weighted by molar-refractivity contribution is -0.359. The zero-order valence-corrected chi connectivity index (χ0v) is 58.1. The Kier molecular flexibility index (Phi) is 56.7. The fourth-order valence-electron chi connectivity index (χ4n) is 10.9. The number of nitrogens with one attached hydrogen (secondary N) is 1. The van der Waals surface area contributed by atoms with Gasteiger partial charge in [-0.05, 0) is 122 Å². The van der Waals surface area contributed by atoms with Crippen LogP contribution in [0.1, 0.15) is 245 Å². The fraction of sp³-hybridized carbons (Fsp3) is 0.662. The largest absolute Gasteiger partial charge is 0.394 e. The zero-order valence-electron chi connectivity index (χ0n) is 58.1. The Balaban J connectivity index is 1.72. The summed E-state index contributed by atoms with van der Waals surface area (Å²) in [6.45, 7) is 2.65. The van der Waals surface area contributed by atoms with Gasteiger partial charge in [-0.25, -0.2) is 0 Å². The third-order valence-corrected chi connectivity index (χ3v) is 16.7. The van der Waals surface area contributed by atoms with Crippen molar-refractivity contribution in [2.24, 2.45) is 0 Å². The number of carbonyl (C=O) groups excluding carboxylic acids is 1. The molecule has 2 aliphatic heterocycles. The van der Waals surface area contributed by atoms with Gasteiger partial charge in [0, 0.05) is 6.42 Å². The number of carbonyl (C=O) groups is 1. The summed E-state index contributed by atoms with van der Waals surface area (Å²) in [5.41, 5.74) is 0. The monoisotopic (exact) mass is 1310 g/mol. The first-order valence-corrected chi connectivity index (χ1v) is 36.7. The molecule has 14 heteroatoms. The van der Waals surface area contributed by atoms with Crippen LogP contribution in [0.3, 0.4) is 0 Å². The van der Waals surface area contributed by atoms with Gasteiger partial charge in [0.25, 0.3) is 0 Å². The highest BCUT2D eigenvalue weighted by atomic mass is 16.7. The molecule has 0 aromatic rings. The molecule has 534 valence electrons. The topological polar surface area (TPSA) is 228 Å². The maximum Gasteiger partial charge on any atom is 0.220 e. The van der Waals surface area contributed by atoms with E-state index in [0.717, 1.165) is 116 Å². The van der Waals surface area contributed by atoms with Crippen LogP contribution in [0.15, 0.2) is 158 Å². The predicted octanol–water partition coefficient (Wildman–Crippen LogP) is 15.8. The summed E-state index contributed by atoms with van der Waals surface area (Å²) in [4.78, 5) is 13.3. The number of rotatable bonds is 58. The highest BCUT2D eigenvalue weighted by molar-refractivity contribution is 5.76. The number of aliphatic hydroxyl groups excluding tert-OH is 8. The van der Waals surface area contributed by atoms with E-state index in [-0.39, 0.29) is 18.9 Å². The minimum absolute atomic E-state index is 0.229. The van der Waals surface area contributed by atoms with Crippen LogP contribution < -0.4 is 5.32 Å². The van der Waals surface area contributed by atoms with Crippen LogP contribution in [0.5, 0.6) is 0 Å². The standard InChI is InChI=1S/C80H131NO13/c1-3-5-7-9-11-13-15-17-19-21-23-25-27-29-30-31-32-33-34-35-36-37-38-40-42-44-46-48-50-52-54-56-58-60-62-64-72(85)81-68(67-91-79-77(90)75(88)78(71(66-83)93-79)94-80-76(89)74(87)73(86)70(65-82)92-80)69(84)63-61-59-57-55-53-51-49-47-45-43-41-39-28-26-24-22-20-18-16-14-12-10-8-6-4-2/h5,7,11,13,17,19,23,25,29-30,32-33,35-36,38,40,44-47,50,52-53,55,61,63,68-71,73-80,82-84,86-90H,3-4,6,8-10,12,14-16,18,20-22,24,26-28,31,34,37,39,41-43,48-49,51,54,56-60,62,64-67H2,1-2H3,(H,81,85)/b7-5-,13-11-,19-17-,25-23-,30-29-,33-32-,36-35-,40-38-,46-44-,47-45+,52-50-,55-53+,63-61+. The summed E-state index contributed by atoms with van der Waals surface area (Å²) < 4.78 is 22.8. The molecule has 0 aromatic carbocycles. The van der Waals surface area contributed by atoms with Crippen molar-refractivity contribution < 1.29 is 64.6 Å². The molecule has 2 fully saturated rings. The lowest BCUT2D eigenvalue weighted by Crippen LogP contribution is -2.65. The molecular weight excluding hydrogens is 1180 g/mol. The van der Waals surface area contributed by atoms with Crippen LogP contribution in [-0.2, 0) is 23.7 Å². The van der Waals surface area contributed by atoms with Gasteiger partial charge >= 0.3 is 0 Å². The first kappa shape index (κ1) is 85.7. The van der Waals surface area contributed by atoms with Crippen molar-refractivity contribution in [2.75, 3.05) is 19.8 Å². The molecule has 2 aliphatic rings. The first-order valence-electron chi connectivity index (χ1n) is 36.7. The van der Waals surface area contributed by atoms with Crippen molar-refractivity contribution >= 4 is 5.91 Å². The molecule has 94 heavy (non-hydrogen) atoms. The molecule has 2 heterocycles. The molecule has 14 nitrogen and oxygen atoms in total. The third kappa shape index (κ3) is 45.2. The molecule has 0 aromatic heterocycles. The van der Waals surface area contributed by atoms with Crippen LogP contribution in [0.2, 0.25) is 0 Å². The number of unbranched alkanes of at least 4 members (excludes halogenated alkanes) is 21. The minimum atomic E-state index is -1.80. The summed E-state index contributed by atoms with van der Waals surface area (Å²) >= 11 is 0. The molecule has 2 rings (SSSR count). The van der Waals surface area contributed by atoms with Crippen LogP contribution in [0.25, 0.3) is 0 Å². The Bertz CT molecular complexity index is 2190. The fourth-order valence-corrected chi connectivity index (χ4v) is 10.9. The van der Waals surface area contributed by atoms with Crippen LogP contribution in [-0.4, -0.2) is 140 Å². The maximum atomic E-state index is 13.3. The van der Waals surface area contributed by atoms with Crippen molar-refractivity contribution in [2.45, 2.75) is 319 Å². The second kappa shape index (κ2) is 62.2. The average Bonchev–Trinajstić information content (AvgIpc) is 0.794. The van der Waals surface area contributed by atoms with E-state index < -0.39 is 86.8 Å². The van der Waals surface area contributed by atoms with Crippen LogP contribution >= 0.6 is 0 Å². The lowest BCUT2D eigenvalue weighted by atomic mass is 9.97. The van der Waals surface area contributed by atoms with E-state index in [2.05, 4.69) is 165 Å². The highest BCUT2D eigenvalue weighted by Crippen LogP contribution is 2.30. The minimum Gasteiger partial charge on any atom is -0.394 e. The van der Waals surface area contributed by atoms with Crippen molar-refractivity contribution in [1.82, 2.24) is 5.32 Å². The second-order valence-corrected chi connectivity index (χ2v) is 25.0. The Labute approximate surface area is 569 Å². The van der Waals surface area contributed by atoms with Gasteiger partial charge in [-0.15, -0.1) is 0 Å². The average molecular weight is 1310 g/mol. The molecule has 2 saturated heterocycles. The van der Waals surface area contributed by atoms with Gasteiger partial charge in [0.05, 0.1) is 32.0 Å². The number of ether oxygens (including phenoxy) is 4. The number of amides is 1. The van der Waals surface area contributed by atoms with Gasteiger partial charge in [-0.2, -0.15) is 0 Å². The van der Waals surface area contributed by atoms with E-state index in [1.54, 1.807) is 6.08 Å². The van der Waals surface area contributed by atoms with Crippen LogP contribution in [0, 0.1) is 0 Å². The molecule has 0 saturated carbocycles. The van der Waals surface area contributed by atoms with Gasteiger partial charge in [0.1, 0.15) is 48.8 Å². The predicted molar refractivity (Wildman–Crippen MR) is 387 cm³/mol. The number of hydrogen-bond donors (Lipinski definition) is 9. The maximum absolute atomic E-state index is 13.3. The highest BCUT2D eigenvalue weighted by Gasteiger charge is 2.51. The summed E-state index contributed by atoms with van der Waals surface area (Å²) in [7, 11) is 0. The molecule has 0 spiro atoms. The summed E-state index contributed by atoms with van der Waals surface area (Å²) in [5, 5.41) is 87.5. The number of aliphatic hydroxyl groups is 8. The molecule has 12 atom stereocenters. The third-order valence-electron chi connectivity index (χ3n) is 16.7. The van der Waals surface area contributed by atoms with Gasteiger partial charge < -0.3 is 65.1 Å². The van der Waals surface area contributed by atoms with Gasteiger partial charge in [0.2, 0.25) is 5.91 Å². The van der Waals surface area contributed by atoms with E-state index in [0.29, 0.717) is 12.8 Å². The van der Waals surface area contributed by atoms with Gasteiger partial charge in [0.15, 0.2) is 12.6 Å². The Morgan fingerprint density at radius 1 is 0.394 bits per heavy atom. The van der Waals surface area contributed by atoms with E-state index in [4.69, 9.17) is 18.9 Å². The van der Waals surface area contributed by atoms with Crippen molar-refractivity contribution in [3.8, 4) is 0 Å². The van der Waals surface area contributed by atoms with E-state index in [1.807, 2.05) is 6.08 Å². The van der Waals surface area contributed by atoms with Crippen LogP contribution in [0.4, 0.5) is 0 Å². The SMILES string of the molecule is CC/C=C\C/C=C\C/C=C\C/C=C\C/C=C\C/C=C\C/C=C\C/C=C\C/C=C\C/C=C\CCCCCCC(=O)NC(COC1OC(CO)C(OC2OC(CO)C(O)C(O)C2O)C(O)C1O)C(O)/C=C/CC/C=C/CC/C=C/CCCCCCCCCCCCCCCCC. The Morgan fingerprint density at radius 3 is 1.17 bits per heavy atom. The van der Waals surface area contributed by atoms with Gasteiger partial charge in [-0.1, -0.05) is 275 Å². The summed E-state index contributed by atoms with van der Waals surface area (Å²) in [5.74, 6) is -0.283. The molecule has 0 radical (unpaired) electrons. The molecule has 1 amide bonds. The van der Waals surface area contributed by atoms with Crippen molar-refractivity contribution in [1.29, 1.82) is 0 Å². The molecule has 0 aliphatic carbocycles. The summed E-state index contributed by atoms with van der Waals surface area (Å²) in [6.07, 6.45) is 78.7. The van der Waals surface area contributed by atoms with E-state index in [9.17, 15) is 45.6 Å². The van der Waals surface area contributed by atoms with E-state index in [1.165, 1.54) is 96.3 Å². The Morgan fingerprint density at radius 2 is 0.745 bits per heavy atom. The van der Waals surface area contributed by atoms with Crippen molar-refractivity contribution in [3.63, 3.8) is 0 Å². The normalized spacial score (nSPS) is 23.4. The summed E-state index contributed by atoms with van der Waals surface area (Å²) in [6, 6.07) is -0.966. The molecule has 12 unspecified atom stereocenters. The zero-order chi connectivity index (χ0) is 68.0. The molecule has 9 N–H and O–H groups in total. The first-order chi connectivity index (χ1) is 46.1. The second-order valence-electron chi connectivity index (χ2n) is 25.0. The quantitative estimate of drug-likeness (QED) is 0.0204. The number of allylic oxidation sites excluding steroid dienone is 25. The smallest absolute Gasteiger partial charge is 0.220 e.